The van der Waals surface area contributed by atoms with E-state index in [2.05, 4.69) is 167 Å². The summed E-state index contributed by atoms with van der Waals surface area (Å²) < 4.78 is 0. The molecule has 166 valence electrons. The summed E-state index contributed by atoms with van der Waals surface area (Å²) in [5, 5.41) is 2.01. The third kappa shape index (κ3) is 3.86. The predicted molar refractivity (Wildman–Crippen MR) is 156 cm³/mol. The van der Waals surface area contributed by atoms with Crippen LogP contribution in [0.3, 0.4) is 0 Å². The molecule has 0 amide bonds. The van der Waals surface area contributed by atoms with Gasteiger partial charge in [0.1, 0.15) is 0 Å². The van der Waals surface area contributed by atoms with Crippen molar-refractivity contribution >= 4 is 54.2 Å². The minimum atomic E-state index is -3.14. The van der Waals surface area contributed by atoms with E-state index in [4.69, 9.17) is 0 Å². The predicted octanol–water partition coefficient (Wildman–Crippen LogP) is 7.32. The fourth-order valence-electron chi connectivity index (χ4n) is 4.64. The Labute approximate surface area is 210 Å². The number of halogens is 1. The molecular formula is C32H26BrP. The third-order valence-corrected chi connectivity index (χ3v) is 16.4. The van der Waals surface area contributed by atoms with Crippen LogP contribution in [0.5, 0.6) is 0 Å². The Morgan fingerprint density at radius 2 is 0.647 bits per heavy atom. The van der Waals surface area contributed by atoms with Gasteiger partial charge < -0.3 is 0 Å². The van der Waals surface area contributed by atoms with Crippen molar-refractivity contribution in [1.82, 2.24) is 0 Å². The van der Waals surface area contributed by atoms with Gasteiger partial charge in [0.25, 0.3) is 0 Å². The van der Waals surface area contributed by atoms with Crippen molar-refractivity contribution in [3.63, 3.8) is 0 Å². The zero-order valence-corrected chi connectivity index (χ0v) is 21.3. The zero-order valence-electron chi connectivity index (χ0n) is 18.8. The van der Waals surface area contributed by atoms with Crippen molar-refractivity contribution in [3.05, 3.63) is 157 Å². The van der Waals surface area contributed by atoms with E-state index in [1.54, 1.807) is 0 Å². The molecule has 0 unspecified atom stereocenters. The van der Waals surface area contributed by atoms with E-state index in [1.165, 1.54) is 32.3 Å². The van der Waals surface area contributed by atoms with Gasteiger partial charge in [-0.3, -0.25) is 0 Å². The molecule has 0 saturated heterocycles. The number of benzene rings is 5. The molecule has 0 spiro atoms. The van der Waals surface area contributed by atoms with Crippen LogP contribution in [0.1, 0.15) is 11.1 Å². The van der Waals surface area contributed by atoms with Gasteiger partial charge in [-0.2, -0.15) is 0 Å². The van der Waals surface area contributed by atoms with Gasteiger partial charge in [-0.05, 0) is 0 Å². The van der Waals surface area contributed by atoms with Crippen LogP contribution >= 0.6 is 20.8 Å². The van der Waals surface area contributed by atoms with Gasteiger partial charge in [0.15, 0.2) is 0 Å². The molecule has 0 nitrogen and oxygen atoms in total. The van der Waals surface area contributed by atoms with Gasteiger partial charge in [-0.15, -0.1) is 0 Å². The summed E-state index contributed by atoms with van der Waals surface area (Å²) in [6.45, 7) is 0. The molecule has 0 saturated carbocycles. The van der Waals surface area contributed by atoms with Gasteiger partial charge in [-0.1, -0.05) is 0 Å². The van der Waals surface area contributed by atoms with Crippen LogP contribution in [-0.2, 0) is 0 Å². The molecular weight excluding hydrogens is 495 g/mol. The van der Waals surface area contributed by atoms with E-state index in [0.717, 1.165) is 0 Å². The average molecular weight is 521 g/mol. The minimum absolute atomic E-state index is 1.18. The Balaban J connectivity index is 1.73. The summed E-state index contributed by atoms with van der Waals surface area (Å²) >= 11 is 4.54. The molecule has 0 bridgehead atoms. The van der Waals surface area contributed by atoms with Crippen molar-refractivity contribution in [1.29, 1.82) is 0 Å². The molecule has 5 aromatic carbocycles. The molecule has 0 atom stereocenters. The zero-order chi connectivity index (χ0) is 23.3. The Bertz CT molecular complexity index is 1280. The van der Waals surface area contributed by atoms with Crippen molar-refractivity contribution in [2.75, 3.05) is 0 Å². The first-order chi connectivity index (χ1) is 16.7. The quantitative estimate of drug-likeness (QED) is 0.162. The Kier molecular flexibility index (Phi) is 6.33. The second-order valence-electron chi connectivity index (χ2n) is 8.35. The summed E-state index contributed by atoms with van der Waals surface area (Å²) in [5.74, 6) is 0. The first-order valence-electron chi connectivity index (χ1n) is 11.4. The summed E-state index contributed by atoms with van der Waals surface area (Å²) in [5.41, 5.74) is 2.38. The average Bonchev–Trinajstić information content (AvgIpc) is 2.94. The van der Waals surface area contributed by atoms with E-state index in [1.807, 2.05) is 6.07 Å². The Morgan fingerprint density at radius 1 is 0.353 bits per heavy atom. The van der Waals surface area contributed by atoms with Crippen LogP contribution in [0.4, 0.5) is 0 Å². The molecule has 5 aromatic rings. The van der Waals surface area contributed by atoms with Crippen molar-refractivity contribution in [2.24, 2.45) is 0 Å². The first-order valence-corrected chi connectivity index (χ1v) is 15.7. The molecule has 34 heavy (non-hydrogen) atoms. The fourth-order valence-corrected chi connectivity index (χ4v) is 12.2. The number of hydrogen-bond acceptors (Lipinski definition) is 0. The van der Waals surface area contributed by atoms with Crippen LogP contribution < -0.4 is 21.2 Å². The molecule has 0 aliphatic heterocycles. The third-order valence-electron chi connectivity index (χ3n) is 6.37. The van der Waals surface area contributed by atoms with Crippen molar-refractivity contribution < 1.29 is 0 Å². The monoisotopic (exact) mass is 520 g/mol. The molecule has 0 heterocycles. The molecule has 0 fully saturated rings. The topological polar surface area (TPSA) is 0 Å². The van der Waals surface area contributed by atoms with E-state index < -0.39 is 5.31 Å². The molecule has 5 rings (SSSR count). The summed E-state index contributed by atoms with van der Waals surface area (Å²) in [6, 6.07) is 52.1. The van der Waals surface area contributed by atoms with Crippen LogP contribution in [0, 0.1) is 0 Å². The molecule has 0 aliphatic rings. The Morgan fingerprint density at radius 3 is 1.03 bits per heavy atom. The van der Waals surface area contributed by atoms with Crippen molar-refractivity contribution in [2.45, 2.75) is 0 Å². The van der Waals surface area contributed by atoms with Gasteiger partial charge in [-0.25, -0.2) is 0 Å². The second kappa shape index (κ2) is 9.55. The summed E-state index contributed by atoms with van der Waals surface area (Å²) in [7, 11) is 0. The van der Waals surface area contributed by atoms with Crippen LogP contribution in [0.25, 0.3) is 12.2 Å². The number of rotatable bonds is 6. The van der Waals surface area contributed by atoms with Gasteiger partial charge in [0.05, 0.1) is 0 Å². The van der Waals surface area contributed by atoms with Crippen molar-refractivity contribution in [3.8, 4) is 0 Å². The maximum atomic E-state index is 4.54. The number of hydrogen-bond donors (Lipinski definition) is 0. The standard InChI is InChI=1S/C32H26BrP/c33-34(29-15-7-2-8-16-29,30-17-9-3-10-18-30,31-19-11-4-12-20-31)32-25-23-28(24-26-32)22-21-27-13-5-1-6-14-27/h1-26H. The van der Waals surface area contributed by atoms with Gasteiger partial charge >= 0.3 is 211 Å². The van der Waals surface area contributed by atoms with Gasteiger partial charge in [0, 0.05) is 0 Å². The Hall–Kier alpha value is -3.25. The van der Waals surface area contributed by atoms with Crippen LogP contribution in [-0.4, -0.2) is 0 Å². The molecule has 0 N–H and O–H groups in total. The van der Waals surface area contributed by atoms with E-state index in [0.29, 0.717) is 0 Å². The fraction of sp³-hybridized carbons (Fsp3) is 0. The molecule has 2 heteroatoms. The van der Waals surface area contributed by atoms with E-state index in [-0.39, 0.29) is 0 Å². The molecule has 0 radical (unpaired) electrons. The summed E-state index contributed by atoms with van der Waals surface area (Å²) in [6.07, 6.45) is 4.34. The van der Waals surface area contributed by atoms with Crippen LogP contribution in [0.15, 0.2) is 146 Å². The molecule has 0 aliphatic carbocycles. The SMILES string of the molecule is BrP(c1ccccc1)(c1ccccc1)(c1ccccc1)c1ccc(C=Cc2ccccc2)cc1. The summed E-state index contributed by atoms with van der Waals surface area (Å²) in [4.78, 5) is 0. The van der Waals surface area contributed by atoms with Crippen LogP contribution in [0.2, 0.25) is 0 Å². The first kappa shape index (κ1) is 22.5. The maximum absolute atomic E-state index is 4.54. The second-order valence-corrected chi connectivity index (χ2v) is 16.7. The van der Waals surface area contributed by atoms with E-state index in [9.17, 15) is 0 Å². The van der Waals surface area contributed by atoms with E-state index >= 15 is 0 Å². The normalized spacial score (nSPS) is 12.8. The van der Waals surface area contributed by atoms with Gasteiger partial charge in [0.2, 0.25) is 0 Å². The molecule has 0 aromatic heterocycles.